The van der Waals surface area contributed by atoms with Crippen molar-refractivity contribution in [1.82, 2.24) is 0 Å². The molecule has 0 amide bonds. The predicted octanol–water partition coefficient (Wildman–Crippen LogP) is 2.27. The number of aliphatic hydroxyl groups excluding tert-OH is 1. The number of aryl methyl sites for hydroxylation is 1. The molecule has 4 nitrogen and oxygen atoms in total. The Bertz CT molecular complexity index is 445. The standard InChI is InChI=1S/C14H19NO3/c1-9-4-2-6-11(14(17)18)13(9)15-12-7-3-5-10(12)8-16/h2,4,6,10,12,15-16H,3,5,7-8H2,1H3,(H,17,18). The van der Waals surface area contributed by atoms with E-state index in [2.05, 4.69) is 5.32 Å². The summed E-state index contributed by atoms with van der Waals surface area (Å²) in [5.41, 5.74) is 1.92. The van der Waals surface area contributed by atoms with Gasteiger partial charge in [-0.15, -0.1) is 0 Å². The number of benzene rings is 1. The number of hydrogen-bond donors (Lipinski definition) is 3. The lowest BCUT2D eigenvalue weighted by Crippen LogP contribution is -2.27. The van der Waals surface area contributed by atoms with Gasteiger partial charge in [0.1, 0.15) is 0 Å². The van der Waals surface area contributed by atoms with Crippen LogP contribution in [-0.2, 0) is 0 Å². The Labute approximate surface area is 107 Å². The summed E-state index contributed by atoms with van der Waals surface area (Å²) in [4.78, 5) is 11.2. The van der Waals surface area contributed by atoms with Gasteiger partial charge in [0.2, 0.25) is 0 Å². The van der Waals surface area contributed by atoms with E-state index in [0.29, 0.717) is 11.3 Å². The minimum Gasteiger partial charge on any atom is -0.478 e. The number of aromatic carboxylic acids is 1. The van der Waals surface area contributed by atoms with Gasteiger partial charge < -0.3 is 15.5 Å². The normalized spacial score (nSPS) is 23.0. The van der Waals surface area contributed by atoms with E-state index in [1.165, 1.54) is 0 Å². The molecule has 2 atom stereocenters. The Morgan fingerprint density at radius 2 is 2.22 bits per heavy atom. The molecular formula is C14H19NO3. The van der Waals surface area contributed by atoms with E-state index in [0.717, 1.165) is 24.8 Å². The monoisotopic (exact) mass is 249 g/mol. The predicted molar refractivity (Wildman–Crippen MR) is 70.0 cm³/mol. The Morgan fingerprint density at radius 3 is 2.89 bits per heavy atom. The van der Waals surface area contributed by atoms with E-state index in [-0.39, 0.29) is 18.6 Å². The largest absolute Gasteiger partial charge is 0.478 e. The zero-order valence-corrected chi connectivity index (χ0v) is 10.5. The molecule has 1 aromatic carbocycles. The molecule has 1 saturated carbocycles. The number of nitrogens with one attached hydrogen (secondary N) is 1. The van der Waals surface area contributed by atoms with E-state index < -0.39 is 5.97 Å². The minimum absolute atomic E-state index is 0.159. The van der Waals surface area contributed by atoms with E-state index in [1.54, 1.807) is 12.1 Å². The van der Waals surface area contributed by atoms with Crippen LogP contribution in [0.25, 0.3) is 0 Å². The van der Waals surface area contributed by atoms with Crippen LogP contribution in [0.2, 0.25) is 0 Å². The summed E-state index contributed by atoms with van der Waals surface area (Å²) in [5, 5.41) is 21.8. The molecule has 0 heterocycles. The quantitative estimate of drug-likeness (QED) is 0.765. The molecule has 0 radical (unpaired) electrons. The van der Waals surface area contributed by atoms with Gasteiger partial charge in [-0.05, 0) is 31.4 Å². The average Bonchev–Trinajstić information content (AvgIpc) is 2.78. The number of carboxylic acids is 1. The first-order valence-electron chi connectivity index (χ1n) is 6.33. The van der Waals surface area contributed by atoms with Crippen molar-refractivity contribution in [1.29, 1.82) is 0 Å². The molecule has 0 spiro atoms. The average molecular weight is 249 g/mol. The van der Waals surface area contributed by atoms with Crippen LogP contribution in [0.3, 0.4) is 0 Å². The highest BCUT2D eigenvalue weighted by molar-refractivity contribution is 5.95. The first-order valence-corrected chi connectivity index (χ1v) is 6.33. The molecular weight excluding hydrogens is 230 g/mol. The van der Waals surface area contributed by atoms with E-state index in [9.17, 15) is 15.0 Å². The summed E-state index contributed by atoms with van der Waals surface area (Å²) < 4.78 is 0. The topological polar surface area (TPSA) is 69.6 Å². The third kappa shape index (κ3) is 2.48. The molecule has 98 valence electrons. The number of anilines is 1. The fourth-order valence-electron chi connectivity index (χ4n) is 2.67. The minimum atomic E-state index is -0.917. The molecule has 4 heteroatoms. The van der Waals surface area contributed by atoms with E-state index >= 15 is 0 Å². The van der Waals surface area contributed by atoms with Gasteiger partial charge in [-0.3, -0.25) is 0 Å². The molecule has 1 fully saturated rings. The fraction of sp³-hybridized carbons (Fsp3) is 0.500. The van der Waals surface area contributed by atoms with Crippen LogP contribution in [0.15, 0.2) is 18.2 Å². The number of hydrogen-bond acceptors (Lipinski definition) is 3. The smallest absolute Gasteiger partial charge is 0.337 e. The van der Waals surface area contributed by atoms with E-state index in [4.69, 9.17) is 0 Å². The Hall–Kier alpha value is -1.55. The lowest BCUT2D eigenvalue weighted by atomic mass is 10.0. The second kappa shape index (κ2) is 5.40. The molecule has 1 aliphatic carbocycles. The summed E-state index contributed by atoms with van der Waals surface area (Å²) >= 11 is 0. The van der Waals surface area contributed by atoms with Crippen LogP contribution in [0.1, 0.15) is 35.2 Å². The second-order valence-electron chi connectivity index (χ2n) is 4.93. The maximum absolute atomic E-state index is 11.2. The van der Waals surface area contributed by atoms with Crippen molar-refractivity contribution in [3.63, 3.8) is 0 Å². The lowest BCUT2D eigenvalue weighted by Gasteiger charge is -2.22. The Balaban J connectivity index is 2.25. The third-order valence-corrected chi connectivity index (χ3v) is 3.73. The Kier molecular flexibility index (Phi) is 3.87. The van der Waals surface area contributed by atoms with Gasteiger partial charge in [0, 0.05) is 18.6 Å². The molecule has 0 aliphatic heterocycles. The highest BCUT2D eigenvalue weighted by Gasteiger charge is 2.27. The summed E-state index contributed by atoms with van der Waals surface area (Å²) in [6.45, 7) is 2.06. The van der Waals surface area contributed by atoms with Gasteiger partial charge in [-0.25, -0.2) is 4.79 Å². The van der Waals surface area contributed by atoms with Crippen LogP contribution >= 0.6 is 0 Å². The van der Waals surface area contributed by atoms with E-state index in [1.807, 2.05) is 13.0 Å². The van der Waals surface area contributed by atoms with Crippen molar-refractivity contribution < 1.29 is 15.0 Å². The van der Waals surface area contributed by atoms with Crippen molar-refractivity contribution in [3.05, 3.63) is 29.3 Å². The van der Waals surface area contributed by atoms with Crippen molar-refractivity contribution in [2.24, 2.45) is 5.92 Å². The second-order valence-corrected chi connectivity index (χ2v) is 4.93. The molecule has 2 rings (SSSR count). The first-order chi connectivity index (χ1) is 8.63. The fourth-order valence-corrected chi connectivity index (χ4v) is 2.67. The zero-order valence-electron chi connectivity index (χ0n) is 10.5. The summed E-state index contributed by atoms with van der Waals surface area (Å²) in [5.74, 6) is -0.689. The molecule has 0 saturated heterocycles. The molecule has 1 aromatic rings. The van der Waals surface area contributed by atoms with Gasteiger partial charge in [-0.2, -0.15) is 0 Å². The molecule has 1 aliphatic rings. The van der Waals surface area contributed by atoms with Crippen molar-refractivity contribution >= 4 is 11.7 Å². The molecule has 0 bridgehead atoms. The van der Waals surface area contributed by atoms with Gasteiger partial charge in [0.25, 0.3) is 0 Å². The van der Waals surface area contributed by atoms with Crippen LogP contribution in [0, 0.1) is 12.8 Å². The molecule has 2 unspecified atom stereocenters. The third-order valence-electron chi connectivity index (χ3n) is 3.73. The van der Waals surface area contributed by atoms with Gasteiger partial charge in [0.15, 0.2) is 0 Å². The van der Waals surface area contributed by atoms with Crippen LogP contribution in [0.5, 0.6) is 0 Å². The summed E-state index contributed by atoms with van der Waals surface area (Å²) in [7, 11) is 0. The number of para-hydroxylation sites is 1. The van der Waals surface area contributed by atoms with Crippen molar-refractivity contribution in [2.45, 2.75) is 32.2 Å². The molecule has 3 N–H and O–H groups in total. The van der Waals surface area contributed by atoms with Crippen LogP contribution in [0.4, 0.5) is 5.69 Å². The number of carbonyl (C=O) groups is 1. The number of aliphatic hydroxyl groups is 1. The molecule has 0 aromatic heterocycles. The van der Waals surface area contributed by atoms with Gasteiger partial charge in [0.05, 0.1) is 11.3 Å². The highest BCUT2D eigenvalue weighted by Crippen LogP contribution is 2.30. The van der Waals surface area contributed by atoms with Crippen molar-refractivity contribution in [2.75, 3.05) is 11.9 Å². The van der Waals surface area contributed by atoms with Crippen molar-refractivity contribution in [3.8, 4) is 0 Å². The maximum Gasteiger partial charge on any atom is 0.337 e. The van der Waals surface area contributed by atoms with Crippen LogP contribution in [-0.4, -0.2) is 28.8 Å². The first kappa shape index (κ1) is 12.9. The summed E-state index contributed by atoms with van der Waals surface area (Å²) in [6.07, 6.45) is 3.07. The lowest BCUT2D eigenvalue weighted by molar-refractivity contribution is 0.0698. The van der Waals surface area contributed by atoms with Crippen LogP contribution < -0.4 is 5.32 Å². The zero-order chi connectivity index (χ0) is 13.1. The Morgan fingerprint density at radius 1 is 1.44 bits per heavy atom. The maximum atomic E-state index is 11.2. The number of rotatable bonds is 4. The highest BCUT2D eigenvalue weighted by atomic mass is 16.4. The van der Waals surface area contributed by atoms with Gasteiger partial charge in [-0.1, -0.05) is 18.6 Å². The van der Waals surface area contributed by atoms with Gasteiger partial charge >= 0.3 is 5.97 Å². The summed E-state index contributed by atoms with van der Waals surface area (Å²) in [6, 6.07) is 5.44. The number of carboxylic acid groups (broad SMARTS) is 1. The molecule has 18 heavy (non-hydrogen) atoms. The SMILES string of the molecule is Cc1cccc(C(=O)O)c1NC1CCCC1CO.